The van der Waals surface area contributed by atoms with Crippen molar-refractivity contribution in [1.82, 2.24) is 4.98 Å². The molecule has 0 atom stereocenters. The van der Waals surface area contributed by atoms with Crippen molar-refractivity contribution >= 4 is 33.0 Å². The van der Waals surface area contributed by atoms with E-state index >= 15 is 0 Å². The van der Waals surface area contributed by atoms with Crippen LogP contribution in [0.3, 0.4) is 0 Å². The molecule has 8 heteroatoms. The van der Waals surface area contributed by atoms with Gasteiger partial charge in [0.15, 0.2) is 0 Å². The Morgan fingerprint density at radius 1 is 1.53 bits per heavy atom. The Labute approximate surface area is 105 Å². The molecule has 0 saturated heterocycles. The second kappa shape index (κ2) is 5.89. The quantitative estimate of drug-likeness (QED) is 0.489. The number of rotatable bonds is 6. The van der Waals surface area contributed by atoms with Crippen molar-refractivity contribution < 1.29 is 8.42 Å². The molecule has 1 aromatic heterocycles. The van der Waals surface area contributed by atoms with Gasteiger partial charge < -0.3 is 11.1 Å². The topological polar surface area (TPSA) is 111 Å². The third-order valence-electron chi connectivity index (χ3n) is 1.97. The third kappa shape index (κ3) is 5.07. The molecule has 17 heavy (non-hydrogen) atoms. The van der Waals surface area contributed by atoms with Crippen LogP contribution in [0.1, 0.15) is 12.0 Å². The highest BCUT2D eigenvalue weighted by molar-refractivity contribution is 7.89. The molecule has 0 aliphatic carbocycles. The lowest BCUT2D eigenvalue weighted by Crippen LogP contribution is -2.20. The molecule has 6 nitrogen and oxygen atoms in total. The van der Waals surface area contributed by atoms with Crippen molar-refractivity contribution in [2.75, 3.05) is 17.6 Å². The minimum atomic E-state index is -3.42. The number of hydrogen-bond donors (Lipinski definition) is 3. The van der Waals surface area contributed by atoms with E-state index in [1.54, 1.807) is 18.3 Å². The molecule has 1 aromatic rings. The fourth-order valence-corrected chi connectivity index (χ4v) is 1.94. The van der Waals surface area contributed by atoms with Gasteiger partial charge in [0.2, 0.25) is 10.0 Å². The standard InChI is InChI=1S/C9H14N4O2S2/c10-8(16)7-3-1-4-12-9(7)13-5-2-6-17(11,14)15/h1,3-4H,2,5-6H2,(H2,10,16)(H,12,13)(H2,11,14,15). The zero-order valence-corrected chi connectivity index (χ0v) is 10.7. The Kier molecular flexibility index (Phi) is 4.79. The first-order valence-corrected chi connectivity index (χ1v) is 7.01. The van der Waals surface area contributed by atoms with Gasteiger partial charge >= 0.3 is 0 Å². The lowest BCUT2D eigenvalue weighted by atomic mass is 10.2. The zero-order chi connectivity index (χ0) is 12.9. The number of anilines is 1. The summed E-state index contributed by atoms with van der Waals surface area (Å²) in [6.45, 7) is 0.434. The lowest BCUT2D eigenvalue weighted by Gasteiger charge is -2.09. The first-order valence-electron chi connectivity index (χ1n) is 4.89. The maximum Gasteiger partial charge on any atom is 0.209 e. The van der Waals surface area contributed by atoms with E-state index in [1.165, 1.54) is 0 Å². The summed E-state index contributed by atoms with van der Waals surface area (Å²) in [5.74, 6) is 0.476. The predicted molar refractivity (Wildman–Crippen MR) is 71.2 cm³/mol. The molecule has 5 N–H and O–H groups in total. The average molecular weight is 274 g/mol. The van der Waals surface area contributed by atoms with E-state index in [9.17, 15) is 8.42 Å². The molecule has 1 heterocycles. The van der Waals surface area contributed by atoms with Crippen LogP contribution >= 0.6 is 12.2 Å². The Hall–Kier alpha value is -1.25. The molecule has 0 unspecified atom stereocenters. The first-order chi connectivity index (χ1) is 7.90. The van der Waals surface area contributed by atoms with Gasteiger partial charge in [-0.3, -0.25) is 0 Å². The van der Waals surface area contributed by atoms with Gasteiger partial charge in [-0.2, -0.15) is 0 Å². The van der Waals surface area contributed by atoms with E-state index < -0.39 is 10.0 Å². The van der Waals surface area contributed by atoms with Gasteiger partial charge in [0.05, 0.1) is 11.3 Å². The van der Waals surface area contributed by atoms with Crippen LogP contribution in [0.25, 0.3) is 0 Å². The number of nitrogens with two attached hydrogens (primary N) is 2. The molecule has 0 aromatic carbocycles. The van der Waals surface area contributed by atoms with Gasteiger partial charge in [0, 0.05) is 12.7 Å². The highest BCUT2D eigenvalue weighted by Crippen LogP contribution is 2.10. The molecule has 1 rings (SSSR count). The fraction of sp³-hybridized carbons (Fsp3) is 0.333. The predicted octanol–water partition coefficient (Wildman–Crippen LogP) is -0.194. The highest BCUT2D eigenvalue weighted by atomic mass is 32.2. The summed E-state index contributed by atoms with van der Waals surface area (Å²) in [4.78, 5) is 4.32. The van der Waals surface area contributed by atoms with Gasteiger partial charge in [-0.15, -0.1) is 0 Å². The molecule has 0 fully saturated rings. The van der Waals surface area contributed by atoms with Gasteiger partial charge in [-0.05, 0) is 18.6 Å². The molecular weight excluding hydrogens is 260 g/mol. The number of nitrogens with one attached hydrogen (secondary N) is 1. The first kappa shape index (κ1) is 13.8. The smallest absolute Gasteiger partial charge is 0.209 e. The van der Waals surface area contributed by atoms with Crippen LogP contribution in [0.2, 0.25) is 0 Å². The molecule has 0 aliphatic rings. The minimum Gasteiger partial charge on any atom is -0.389 e. The monoisotopic (exact) mass is 274 g/mol. The Balaban J connectivity index is 2.55. The van der Waals surface area contributed by atoms with Crippen molar-refractivity contribution in [2.24, 2.45) is 10.9 Å². The van der Waals surface area contributed by atoms with E-state index in [-0.39, 0.29) is 10.7 Å². The van der Waals surface area contributed by atoms with E-state index in [4.69, 9.17) is 23.1 Å². The second-order valence-electron chi connectivity index (χ2n) is 3.41. The van der Waals surface area contributed by atoms with Gasteiger partial charge in [-0.25, -0.2) is 18.5 Å². The Bertz CT molecular complexity index is 501. The number of pyridine rings is 1. The van der Waals surface area contributed by atoms with E-state index in [0.29, 0.717) is 24.3 Å². The summed E-state index contributed by atoms with van der Waals surface area (Å²) in [7, 11) is -3.42. The van der Waals surface area contributed by atoms with Crippen molar-refractivity contribution in [3.8, 4) is 0 Å². The van der Waals surface area contributed by atoms with E-state index in [2.05, 4.69) is 10.3 Å². The van der Waals surface area contributed by atoms with E-state index in [1.807, 2.05) is 0 Å². The molecular formula is C9H14N4O2S2. The molecule has 0 saturated carbocycles. The average Bonchev–Trinajstić information content (AvgIpc) is 2.23. The van der Waals surface area contributed by atoms with Crippen molar-refractivity contribution in [3.05, 3.63) is 23.9 Å². The van der Waals surface area contributed by atoms with Gasteiger partial charge in [0.1, 0.15) is 10.8 Å². The summed E-state index contributed by atoms with van der Waals surface area (Å²) in [6.07, 6.45) is 2.00. The molecule has 0 aliphatic heterocycles. The highest BCUT2D eigenvalue weighted by Gasteiger charge is 2.06. The van der Waals surface area contributed by atoms with Crippen LogP contribution in [-0.4, -0.2) is 30.7 Å². The molecule has 0 amide bonds. The summed E-state index contributed by atoms with van der Waals surface area (Å²) in [5, 5.41) is 7.85. The van der Waals surface area contributed by atoms with Gasteiger partial charge in [-0.1, -0.05) is 12.2 Å². The van der Waals surface area contributed by atoms with Crippen molar-refractivity contribution in [2.45, 2.75) is 6.42 Å². The minimum absolute atomic E-state index is 0.0742. The second-order valence-corrected chi connectivity index (χ2v) is 5.58. The normalized spacial score (nSPS) is 11.1. The van der Waals surface area contributed by atoms with Crippen molar-refractivity contribution in [1.29, 1.82) is 0 Å². The Morgan fingerprint density at radius 3 is 2.82 bits per heavy atom. The summed E-state index contributed by atoms with van der Waals surface area (Å²) >= 11 is 4.87. The SMILES string of the molecule is NC(=S)c1cccnc1NCCCS(N)(=O)=O. The van der Waals surface area contributed by atoms with Crippen LogP contribution in [0.5, 0.6) is 0 Å². The fourth-order valence-electron chi connectivity index (χ4n) is 1.23. The number of thiocarbonyl (C=S) groups is 1. The zero-order valence-electron chi connectivity index (χ0n) is 9.09. The molecule has 0 bridgehead atoms. The number of primary sulfonamides is 1. The lowest BCUT2D eigenvalue weighted by molar-refractivity contribution is 0.595. The number of sulfonamides is 1. The summed E-state index contributed by atoms with van der Waals surface area (Å²) in [6, 6.07) is 3.47. The van der Waals surface area contributed by atoms with E-state index in [0.717, 1.165) is 0 Å². The molecule has 0 spiro atoms. The summed E-state index contributed by atoms with van der Waals surface area (Å²) < 4.78 is 21.4. The number of nitrogens with zero attached hydrogens (tertiary/aromatic N) is 1. The van der Waals surface area contributed by atoms with Crippen LogP contribution in [0, 0.1) is 0 Å². The Morgan fingerprint density at radius 2 is 2.24 bits per heavy atom. The maximum atomic E-state index is 10.7. The molecule has 94 valence electrons. The van der Waals surface area contributed by atoms with Crippen LogP contribution in [0.15, 0.2) is 18.3 Å². The van der Waals surface area contributed by atoms with Crippen LogP contribution < -0.4 is 16.2 Å². The van der Waals surface area contributed by atoms with Crippen LogP contribution in [-0.2, 0) is 10.0 Å². The number of hydrogen-bond acceptors (Lipinski definition) is 5. The largest absolute Gasteiger partial charge is 0.389 e. The number of aromatic nitrogens is 1. The summed E-state index contributed by atoms with van der Waals surface area (Å²) in [5.41, 5.74) is 6.16. The van der Waals surface area contributed by atoms with Crippen LogP contribution in [0.4, 0.5) is 5.82 Å². The maximum absolute atomic E-state index is 10.7. The van der Waals surface area contributed by atoms with Crippen molar-refractivity contribution in [3.63, 3.8) is 0 Å². The third-order valence-corrected chi connectivity index (χ3v) is 3.05. The van der Waals surface area contributed by atoms with Gasteiger partial charge in [0.25, 0.3) is 0 Å². The molecule has 0 radical (unpaired) electrons.